The first kappa shape index (κ1) is 14.7. The van der Waals surface area contributed by atoms with Gasteiger partial charge in [0.15, 0.2) is 0 Å². The first-order valence-electron chi connectivity index (χ1n) is 5.92. The molecule has 0 aliphatic carbocycles. The van der Waals surface area contributed by atoms with Gasteiger partial charge in [-0.15, -0.1) is 0 Å². The number of methoxy groups -OCH3 is 1. The van der Waals surface area contributed by atoms with Gasteiger partial charge in [0.05, 0.1) is 12.0 Å². The second-order valence-electron chi connectivity index (χ2n) is 3.82. The molecule has 7 heteroatoms. The highest BCUT2D eigenvalue weighted by atomic mass is 16.6. The highest BCUT2D eigenvalue weighted by Gasteiger charge is 2.19. The molecule has 7 nitrogen and oxygen atoms in total. The maximum atomic E-state index is 11.1. The van der Waals surface area contributed by atoms with E-state index in [9.17, 15) is 14.9 Å². The summed E-state index contributed by atoms with van der Waals surface area (Å²) < 4.78 is 4.48. The lowest BCUT2D eigenvalue weighted by Gasteiger charge is -2.10. The van der Waals surface area contributed by atoms with Crippen LogP contribution in [0.15, 0.2) is 18.2 Å². The molecule has 2 N–H and O–H groups in total. The standard InChI is InChI=1S/C12H17N3O4/c1-3-7-13-9-5-4-6-10(12(9)15(17)18)14-8-11(16)19-2/h4-6,13-14H,3,7-8H2,1-2H3. The van der Waals surface area contributed by atoms with Gasteiger partial charge in [-0.2, -0.15) is 0 Å². The number of benzene rings is 1. The second-order valence-corrected chi connectivity index (χ2v) is 3.82. The Balaban J connectivity index is 2.95. The lowest BCUT2D eigenvalue weighted by molar-refractivity contribution is -0.383. The number of hydrogen-bond acceptors (Lipinski definition) is 6. The van der Waals surface area contributed by atoms with E-state index in [4.69, 9.17) is 0 Å². The van der Waals surface area contributed by atoms with Crippen molar-refractivity contribution in [2.45, 2.75) is 13.3 Å². The Morgan fingerprint density at radius 2 is 2.00 bits per heavy atom. The molecule has 1 aromatic carbocycles. The summed E-state index contributed by atoms with van der Waals surface area (Å²) in [7, 11) is 1.26. The van der Waals surface area contributed by atoms with E-state index >= 15 is 0 Å². The molecule has 0 unspecified atom stereocenters. The molecule has 0 aliphatic rings. The van der Waals surface area contributed by atoms with Crippen molar-refractivity contribution in [2.24, 2.45) is 0 Å². The topological polar surface area (TPSA) is 93.5 Å². The van der Waals surface area contributed by atoms with E-state index in [0.717, 1.165) is 6.42 Å². The third-order valence-corrected chi connectivity index (χ3v) is 2.43. The lowest BCUT2D eigenvalue weighted by Crippen LogP contribution is -2.16. The van der Waals surface area contributed by atoms with Crippen LogP contribution in [-0.4, -0.2) is 31.1 Å². The number of carbonyl (C=O) groups is 1. The molecular formula is C12H17N3O4. The van der Waals surface area contributed by atoms with E-state index in [2.05, 4.69) is 15.4 Å². The molecule has 0 saturated carbocycles. The smallest absolute Gasteiger partial charge is 0.325 e. The van der Waals surface area contributed by atoms with Gasteiger partial charge in [-0.05, 0) is 18.6 Å². The molecule has 1 aromatic rings. The van der Waals surface area contributed by atoms with Crippen LogP contribution in [0.4, 0.5) is 17.1 Å². The summed E-state index contributed by atoms with van der Waals surface area (Å²) in [5.41, 5.74) is 0.651. The quantitative estimate of drug-likeness (QED) is 0.446. The summed E-state index contributed by atoms with van der Waals surface area (Å²) >= 11 is 0. The van der Waals surface area contributed by atoms with Crippen molar-refractivity contribution in [3.8, 4) is 0 Å². The van der Waals surface area contributed by atoms with Crippen molar-refractivity contribution in [3.05, 3.63) is 28.3 Å². The summed E-state index contributed by atoms with van der Waals surface area (Å²) in [5, 5.41) is 16.8. The Morgan fingerprint density at radius 3 is 2.53 bits per heavy atom. The fourth-order valence-corrected chi connectivity index (χ4v) is 1.52. The zero-order valence-corrected chi connectivity index (χ0v) is 10.9. The van der Waals surface area contributed by atoms with Crippen molar-refractivity contribution in [2.75, 3.05) is 30.8 Å². The van der Waals surface area contributed by atoms with E-state index in [1.807, 2.05) is 6.92 Å². The Hall–Kier alpha value is -2.31. The van der Waals surface area contributed by atoms with Gasteiger partial charge in [0, 0.05) is 6.54 Å². The Kier molecular flexibility index (Phi) is 5.59. The summed E-state index contributed by atoms with van der Waals surface area (Å²) in [6, 6.07) is 4.87. The number of nitro groups is 1. The number of nitro benzene ring substituents is 1. The van der Waals surface area contributed by atoms with Crippen LogP contribution >= 0.6 is 0 Å². The zero-order chi connectivity index (χ0) is 14.3. The predicted octanol–water partition coefficient (Wildman–Crippen LogP) is 2.00. The third-order valence-electron chi connectivity index (χ3n) is 2.43. The van der Waals surface area contributed by atoms with Crippen molar-refractivity contribution < 1.29 is 14.5 Å². The zero-order valence-electron chi connectivity index (χ0n) is 10.9. The number of hydrogen-bond donors (Lipinski definition) is 2. The van der Waals surface area contributed by atoms with Crippen LogP contribution in [0.25, 0.3) is 0 Å². The van der Waals surface area contributed by atoms with Gasteiger partial charge in [0.2, 0.25) is 0 Å². The molecule has 19 heavy (non-hydrogen) atoms. The minimum absolute atomic E-state index is 0.0696. The molecule has 0 radical (unpaired) electrons. The van der Waals surface area contributed by atoms with E-state index in [-0.39, 0.29) is 17.9 Å². The molecule has 0 bridgehead atoms. The van der Waals surface area contributed by atoms with E-state index in [1.54, 1.807) is 18.2 Å². The molecule has 104 valence electrons. The van der Waals surface area contributed by atoms with Gasteiger partial charge in [0.1, 0.15) is 17.9 Å². The monoisotopic (exact) mass is 267 g/mol. The summed E-state index contributed by atoms with van der Waals surface area (Å²) in [5.74, 6) is -0.485. The number of rotatable bonds is 7. The van der Waals surface area contributed by atoms with Gasteiger partial charge in [0.25, 0.3) is 0 Å². The number of nitrogens with one attached hydrogen (secondary N) is 2. The summed E-state index contributed by atoms with van der Waals surface area (Å²) in [6.45, 7) is 2.49. The Bertz CT molecular complexity index is 462. The predicted molar refractivity (Wildman–Crippen MR) is 72.4 cm³/mol. The molecule has 0 spiro atoms. The molecule has 0 fully saturated rings. The number of nitrogens with zero attached hydrogens (tertiary/aromatic N) is 1. The molecule has 0 saturated heterocycles. The first-order chi connectivity index (χ1) is 9.10. The minimum atomic E-state index is -0.485. The van der Waals surface area contributed by atoms with Crippen molar-refractivity contribution in [3.63, 3.8) is 0 Å². The van der Waals surface area contributed by atoms with Crippen LogP contribution in [0.2, 0.25) is 0 Å². The number of anilines is 2. The average molecular weight is 267 g/mol. The molecule has 0 heterocycles. The maximum Gasteiger partial charge on any atom is 0.325 e. The molecular weight excluding hydrogens is 250 g/mol. The number of carbonyl (C=O) groups excluding carboxylic acids is 1. The van der Waals surface area contributed by atoms with Crippen LogP contribution in [0.1, 0.15) is 13.3 Å². The lowest BCUT2D eigenvalue weighted by atomic mass is 10.2. The van der Waals surface area contributed by atoms with Crippen LogP contribution in [0.3, 0.4) is 0 Å². The molecule has 0 aliphatic heterocycles. The molecule has 0 amide bonds. The van der Waals surface area contributed by atoms with E-state index in [0.29, 0.717) is 12.2 Å². The number of esters is 1. The van der Waals surface area contributed by atoms with Crippen LogP contribution in [0, 0.1) is 10.1 Å². The van der Waals surface area contributed by atoms with E-state index in [1.165, 1.54) is 7.11 Å². The summed E-state index contributed by atoms with van der Waals surface area (Å²) in [4.78, 5) is 21.7. The van der Waals surface area contributed by atoms with Crippen LogP contribution in [0.5, 0.6) is 0 Å². The average Bonchev–Trinajstić information content (AvgIpc) is 2.41. The normalized spacial score (nSPS) is 9.79. The number of ether oxygens (including phenoxy) is 1. The van der Waals surface area contributed by atoms with Gasteiger partial charge >= 0.3 is 11.7 Å². The summed E-state index contributed by atoms with van der Waals surface area (Å²) in [6.07, 6.45) is 0.858. The van der Waals surface area contributed by atoms with Crippen LogP contribution in [-0.2, 0) is 9.53 Å². The molecule has 1 rings (SSSR count). The third kappa shape index (κ3) is 4.13. The van der Waals surface area contributed by atoms with Gasteiger partial charge in [-0.1, -0.05) is 13.0 Å². The SMILES string of the molecule is CCCNc1cccc(NCC(=O)OC)c1[N+](=O)[O-]. The second kappa shape index (κ2) is 7.20. The van der Waals surface area contributed by atoms with Gasteiger partial charge < -0.3 is 15.4 Å². The first-order valence-corrected chi connectivity index (χ1v) is 5.92. The van der Waals surface area contributed by atoms with Crippen molar-refractivity contribution in [1.29, 1.82) is 0 Å². The Morgan fingerprint density at radius 1 is 1.37 bits per heavy atom. The number of para-hydroxylation sites is 1. The fourth-order valence-electron chi connectivity index (χ4n) is 1.52. The minimum Gasteiger partial charge on any atom is -0.468 e. The Labute approximate surface area is 111 Å². The highest BCUT2D eigenvalue weighted by molar-refractivity contribution is 5.80. The maximum absolute atomic E-state index is 11.1. The van der Waals surface area contributed by atoms with Crippen LogP contribution < -0.4 is 10.6 Å². The van der Waals surface area contributed by atoms with Crippen molar-refractivity contribution in [1.82, 2.24) is 0 Å². The molecule has 0 aromatic heterocycles. The van der Waals surface area contributed by atoms with E-state index < -0.39 is 10.9 Å². The van der Waals surface area contributed by atoms with Gasteiger partial charge in [-0.25, -0.2) is 0 Å². The van der Waals surface area contributed by atoms with Crippen molar-refractivity contribution >= 4 is 23.0 Å². The highest BCUT2D eigenvalue weighted by Crippen LogP contribution is 2.32. The largest absolute Gasteiger partial charge is 0.468 e. The molecule has 0 atom stereocenters. The fraction of sp³-hybridized carbons (Fsp3) is 0.417. The van der Waals surface area contributed by atoms with Gasteiger partial charge in [-0.3, -0.25) is 14.9 Å².